The van der Waals surface area contributed by atoms with Crippen LogP contribution < -0.4 is 4.90 Å². The minimum Gasteiger partial charge on any atom is -0.465 e. The Bertz CT molecular complexity index is 921. The lowest BCUT2D eigenvalue weighted by molar-refractivity contribution is -0.928. The molecular weight excluding hydrogens is 376 g/mol. The molecule has 5 heteroatoms. The van der Waals surface area contributed by atoms with Gasteiger partial charge in [-0.05, 0) is 23.8 Å². The third-order valence-corrected chi connectivity index (χ3v) is 5.29. The van der Waals surface area contributed by atoms with Crippen LogP contribution in [-0.2, 0) is 29.1 Å². The molecule has 0 spiro atoms. The number of hydrogen-bond acceptors (Lipinski definition) is 3. The van der Waals surface area contributed by atoms with Gasteiger partial charge < -0.3 is 18.9 Å². The largest absolute Gasteiger partial charge is 0.465 e. The summed E-state index contributed by atoms with van der Waals surface area (Å²) in [4.78, 5) is 13.6. The van der Waals surface area contributed by atoms with E-state index in [2.05, 4.69) is 47.2 Å². The molecule has 0 aliphatic heterocycles. The van der Waals surface area contributed by atoms with E-state index in [1.54, 1.807) is 7.11 Å². The van der Waals surface area contributed by atoms with Gasteiger partial charge in [-0.2, -0.15) is 0 Å². The number of rotatable bonds is 11. The van der Waals surface area contributed by atoms with Gasteiger partial charge in [0.25, 0.3) is 0 Å². The zero-order chi connectivity index (χ0) is 21.2. The lowest BCUT2D eigenvalue weighted by atomic mass is 10.1. The van der Waals surface area contributed by atoms with E-state index in [0.29, 0.717) is 5.56 Å². The van der Waals surface area contributed by atoms with Crippen LogP contribution >= 0.6 is 0 Å². The lowest BCUT2D eigenvalue weighted by Gasteiger charge is -2.22. The Hall–Kier alpha value is -2.89. The highest BCUT2D eigenvalue weighted by atomic mass is 16.5. The van der Waals surface area contributed by atoms with E-state index in [-0.39, 0.29) is 5.97 Å². The van der Waals surface area contributed by atoms with Gasteiger partial charge in [0.05, 0.1) is 31.5 Å². The van der Waals surface area contributed by atoms with E-state index >= 15 is 0 Å². The zero-order valence-corrected chi connectivity index (χ0v) is 17.8. The standard InChI is InChI=1S/C25H30N2O3/c1-29-17-9-15-26(19-22-12-6-7-14-24(22)25(28)30-2)20-23-13-8-16-27(23)18-21-10-4-3-5-11-21/h3-8,10-14,16H,9,15,17-20H2,1-2H3/p+1. The average Bonchev–Trinajstić information content (AvgIpc) is 3.20. The number of methoxy groups -OCH3 is 2. The third-order valence-electron chi connectivity index (χ3n) is 5.29. The van der Waals surface area contributed by atoms with Crippen molar-refractivity contribution in [2.24, 2.45) is 0 Å². The number of aromatic nitrogens is 1. The highest BCUT2D eigenvalue weighted by molar-refractivity contribution is 5.90. The van der Waals surface area contributed by atoms with Gasteiger partial charge in [0.2, 0.25) is 0 Å². The summed E-state index contributed by atoms with van der Waals surface area (Å²) >= 11 is 0. The predicted octanol–water partition coefficient (Wildman–Crippen LogP) is 2.94. The SMILES string of the molecule is COCCC[NH+](Cc1ccccc1C(=O)OC)Cc1cccn1Cc1ccccc1. The zero-order valence-electron chi connectivity index (χ0n) is 17.8. The number of nitrogens with one attached hydrogen (secondary N) is 1. The lowest BCUT2D eigenvalue weighted by Crippen LogP contribution is -3.09. The van der Waals surface area contributed by atoms with Crippen molar-refractivity contribution in [1.82, 2.24) is 4.57 Å². The molecule has 0 saturated heterocycles. The molecule has 1 N–H and O–H groups in total. The van der Waals surface area contributed by atoms with Crippen molar-refractivity contribution in [2.75, 3.05) is 27.4 Å². The second-order valence-electron chi connectivity index (χ2n) is 7.46. The van der Waals surface area contributed by atoms with Crippen LogP contribution in [0.5, 0.6) is 0 Å². The molecular formula is C25H31N2O3+. The maximum atomic E-state index is 12.2. The molecule has 0 fully saturated rings. The van der Waals surface area contributed by atoms with E-state index in [0.717, 1.165) is 44.8 Å². The monoisotopic (exact) mass is 407 g/mol. The van der Waals surface area contributed by atoms with E-state index < -0.39 is 0 Å². The number of quaternary nitrogens is 1. The first-order valence-corrected chi connectivity index (χ1v) is 10.4. The minimum absolute atomic E-state index is 0.283. The van der Waals surface area contributed by atoms with Gasteiger partial charge in [-0.1, -0.05) is 48.5 Å². The highest BCUT2D eigenvalue weighted by Gasteiger charge is 2.18. The molecule has 1 heterocycles. The maximum absolute atomic E-state index is 12.2. The second kappa shape index (κ2) is 11.3. The number of benzene rings is 2. The molecule has 1 atom stereocenters. The summed E-state index contributed by atoms with van der Waals surface area (Å²) in [5.41, 5.74) is 4.22. The molecule has 2 aromatic carbocycles. The maximum Gasteiger partial charge on any atom is 0.338 e. The summed E-state index contributed by atoms with van der Waals surface area (Å²) in [6.07, 6.45) is 3.10. The van der Waals surface area contributed by atoms with Crippen LogP contribution in [0.25, 0.3) is 0 Å². The molecule has 0 bridgehead atoms. The van der Waals surface area contributed by atoms with Crippen LogP contribution in [0.3, 0.4) is 0 Å². The summed E-state index contributed by atoms with van der Waals surface area (Å²) in [5.74, 6) is -0.283. The van der Waals surface area contributed by atoms with Crippen LogP contribution in [0.2, 0.25) is 0 Å². The number of hydrogen-bond donors (Lipinski definition) is 1. The molecule has 1 aromatic heterocycles. The first-order chi connectivity index (χ1) is 14.7. The summed E-state index contributed by atoms with van der Waals surface area (Å²) in [7, 11) is 3.16. The first-order valence-electron chi connectivity index (χ1n) is 10.4. The molecule has 1 unspecified atom stereocenters. The second-order valence-corrected chi connectivity index (χ2v) is 7.46. The molecule has 158 valence electrons. The van der Waals surface area contributed by atoms with Gasteiger partial charge in [0, 0.05) is 31.8 Å². The Morgan fingerprint density at radius 1 is 0.933 bits per heavy atom. The molecule has 30 heavy (non-hydrogen) atoms. The van der Waals surface area contributed by atoms with Gasteiger partial charge in [0.15, 0.2) is 0 Å². The Labute approximate surface area is 178 Å². The van der Waals surface area contributed by atoms with Crippen LogP contribution in [-0.4, -0.2) is 37.9 Å². The Balaban J connectivity index is 1.77. The highest BCUT2D eigenvalue weighted by Crippen LogP contribution is 2.10. The molecule has 0 amide bonds. The van der Waals surface area contributed by atoms with E-state index in [1.807, 2.05) is 30.3 Å². The Morgan fingerprint density at radius 2 is 1.70 bits per heavy atom. The molecule has 5 nitrogen and oxygen atoms in total. The van der Waals surface area contributed by atoms with Crippen molar-refractivity contribution in [1.29, 1.82) is 0 Å². The molecule has 3 rings (SSSR count). The number of ether oxygens (including phenoxy) is 2. The molecule has 0 saturated carbocycles. The van der Waals surface area contributed by atoms with Crippen molar-refractivity contribution < 1.29 is 19.2 Å². The Morgan fingerprint density at radius 3 is 2.47 bits per heavy atom. The number of carbonyl (C=O) groups excluding carboxylic acids is 1. The van der Waals surface area contributed by atoms with E-state index in [1.165, 1.54) is 23.3 Å². The number of esters is 1. The van der Waals surface area contributed by atoms with Gasteiger partial charge >= 0.3 is 5.97 Å². The smallest absolute Gasteiger partial charge is 0.338 e. The quantitative estimate of drug-likeness (QED) is 0.393. The minimum atomic E-state index is -0.283. The van der Waals surface area contributed by atoms with Gasteiger partial charge in [0.1, 0.15) is 13.1 Å². The summed E-state index contributed by atoms with van der Waals surface area (Å²) in [5, 5.41) is 0. The van der Waals surface area contributed by atoms with E-state index in [9.17, 15) is 4.79 Å². The summed E-state index contributed by atoms with van der Waals surface area (Å²) in [6.45, 7) is 4.17. The topological polar surface area (TPSA) is 44.9 Å². The normalized spacial score (nSPS) is 11.9. The first kappa shape index (κ1) is 21.8. The van der Waals surface area contributed by atoms with Gasteiger partial charge in [-0.15, -0.1) is 0 Å². The van der Waals surface area contributed by atoms with Crippen LogP contribution in [0.4, 0.5) is 0 Å². The fourth-order valence-corrected chi connectivity index (χ4v) is 3.76. The van der Waals surface area contributed by atoms with Crippen LogP contribution in [0.1, 0.15) is 33.6 Å². The number of nitrogens with zero attached hydrogens (tertiary/aromatic N) is 1. The predicted molar refractivity (Wildman–Crippen MR) is 117 cm³/mol. The van der Waals surface area contributed by atoms with Crippen molar-refractivity contribution >= 4 is 5.97 Å². The van der Waals surface area contributed by atoms with Crippen LogP contribution in [0, 0.1) is 0 Å². The molecule has 0 aliphatic rings. The fraction of sp³-hybridized carbons (Fsp3) is 0.320. The average molecular weight is 408 g/mol. The fourth-order valence-electron chi connectivity index (χ4n) is 3.76. The van der Waals surface area contributed by atoms with Gasteiger partial charge in [-0.3, -0.25) is 0 Å². The van der Waals surface area contributed by atoms with Crippen molar-refractivity contribution in [3.63, 3.8) is 0 Å². The number of carbonyl (C=O) groups is 1. The summed E-state index contributed by atoms with van der Waals surface area (Å²) in [6, 6.07) is 22.5. The molecule has 0 radical (unpaired) electrons. The van der Waals surface area contributed by atoms with Crippen molar-refractivity contribution in [3.05, 3.63) is 95.3 Å². The summed E-state index contributed by atoms with van der Waals surface area (Å²) < 4.78 is 12.5. The van der Waals surface area contributed by atoms with Crippen LogP contribution in [0.15, 0.2) is 72.9 Å². The van der Waals surface area contributed by atoms with Crippen molar-refractivity contribution in [2.45, 2.75) is 26.1 Å². The van der Waals surface area contributed by atoms with E-state index in [4.69, 9.17) is 9.47 Å². The van der Waals surface area contributed by atoms with Gasteiger partial charge in [-0.25, -0.2) is 4.79 Å². The molecule has 3 aromatic rings. The molecule has 0 aliphatic carbocycles. The van der Waals surface area contributed by atoms with Crippen molar-refractivity contribution in [3.8, 4) is 0 Å². The third kappa shape index (κ3) is 6.05. The Kier molecular flexibility index (Phi) is 8.24.